The van der Waals surface area contributed by atoms with Crippen LogP contribution in [0.5, 0.6) is 5.75 Å². The van der Waals surface area contributed by atoms with Crippen molar-refractivity contribution in [2.75, 3.05) is 26.9 Å². The minimum atomic E-state index is -2.18. The molecule has 0 heterocycles. The Balaban J connectivity index is 3.04. The summed E-state index contributed by atoms with van der Waals surface area (Å²) in [5, 5.41) is 17.3. The first-order valence-corrected chi connectivity index (χ1v) is 20.8. The Morgan fingerprint density at radius 2 is 1.67 bits per heavy atom. The lowest BCUT2D eigenvalue weighted by Gasteiger charge is -2.34. The monoisotopic (exact) mass is 692 g/mol. The number of hydrogen-bond donors (Lipinski definition) is 3. The molecule has 0 saturated carbocycles. The molecular weight excluding hydrogens is 632 g/mol. The third-order valence-corrected chi connectivity index (χ3v) is 9.09. The van der Waals surface area contributed by atoms with Crippen LogP contribution in [-0.2, 0) is 35.0 Å². The van der Waals surface area contributed by atoms with Crippen LogP contribution in [0.1, 0.15) is 78.7 Å². The molecule has 0 aliphatic heterocycles. The Kier molecular flexibility index (Phi) is 18.5. The number of ether oxygens (including phenoxy) is 4. The number of esters is 2. The third kappa shape index (κ3) is 16.6. The number of benzene rings is 1. The summed E-state index contributed by atoms with van der Waals surface area (Å²) in [7, 11) is -0.0338. The number of carbonyl (C=O) groups is 4. The SMILES string of the molecule is CCC[C@@](O)(C(=O)OC(C)(C)C)[C@H](/C=C/CCCCCNC(=O)OCC[Si](C)(C)C)C(=O)N[C@@H](Cc1ccc(OCC)cc1)C(=O)OC. The highest BCUT2D eigenvalue weighted by Gasteiger charge is 2.49. The smallest absolute Gasteiger partial charge is 0.407 e. The van der Waals surface area contributed by atoms with Crippen molar-refractivity contribution in [3.63, 3.8) is 0 Å². The van der Waals surface area contributed by atoms with Gasteiger partial charge in [0, 0.05) is 21.0 Å². The first kappa shape index (κ1) is 42.6. The Labute approximate surface area is 288 Å². The predicted molar refractivity (Wildman–Crippen MR) is 190 cm³/mol. The lowest BCUT2D eigenvalue weighted by molar-refractivity contribution is -0.184. The molecule has 1 aromatic carbocycles. The number of nitrogens with one attached hydrogen (secondary N) is 2. The minimum absolute atomic E-state index is 0.0359. The van der Waals surface area contributed by atoms with Crippen LogP contribution in [0.3, 0.4) is 0 Å². The average Bonchev–Trinajstić information content (AvgIpc) is 2.99. The number of amides is 2. The molecule has 48 heavy (non-hydrogen) atoms. The second-order valence-electron chi connectivity index (χ2n) is 14.2. The summed E-state index contributed by atoms with van der Waals surface area (Å²) >= 11 is 0. The molecule has 0 fully saturated rings. The number of unbranched alkanes of at least 4 members (excludes halogenated alkanes) is 3. The molecule has 272 valence electrons. The summed E-state index contributed by atoms with van der Waals surface area (Å²) in [5.41, 5.74) is -2.32. The van der Waals surface area contributed by atoms with E-state index < -0.39 is 55.2 Å². The second kappa shape index (κ2) is 20.9. The molecule has 0 aromatic heterocycles. The summed E-state index contributed by atoms with van der Waals surface area (Å²) in [6, 6.07) is 6.99. The van der Waals surface area contributed by atoms with E-state index in [2.05, 4.69) is 30.3 Å². The second-order valence-corrected chi connectivity index (χ2v) is 19.8. The first-order valence-electron chi connectivity index (χ1n) is 17.1. The maximum atomic E-state index is 13.9. The van der Waals surface area contributed by atoms with Crippen molar-refractivity contribution in [3.05, 3.63) is 42.0 Å². The summed E-state index contributed by atoms with van der Waals surface area (Å²) < 4.78 is 21.3. The van der Waals surface area contributed by atoms with E-state index in [4.69, 9.17) is 18.9 Å². The molecule has 0 bridgehead atoms. The summed E-state index contributed by atoms with van der Waals surface area (Å²) in [6.45, 7) is 16.8. The van der Waals surface area contributed by atoms with E-state index in [1.54, 1.807) is 58.0 Å². The molecule has 11 nitrogen and oxygen atoms in total. The lowest BCUT2D eigenvalue weighted by atomic mass is 9.81. The molecule has 0 spiro atoms. The Hall–Kier alpha value is -3.38. The highest BCUT2D eigenvalue weighted by molar-refractivity contribution is 6.76. The highest BCUT2D eigenvalue weighted by Crippen LogP contribution is 2.30. The van der Waals surface area contributed by atoms with Crippen molar-refractivity contribution in [2.24, 2.45) is 5.92 Å². The van der Waals surface area contributed by atoms with Crippen molar-refractivity contribution < 1.29 is 43.2 Å². The highest BCUT2D eigenvalue weighted by atomic mass is 28.3. The number of hydrogen-bond acceptors (Lipinski definition) is 9. The van der Waals surface area contributed by atoms with Crippen molar-refractivity contribution in [1.82, 2.24) is 10.6 Å². The van der Waals surface area contributed by atoms with Gasteiger partial charge in [-0.2, -0.15) is 0 Å². The van der Waals surface area contributed by atoms with Gasteiger partial charge < -0.3 is 34.7 Å². The van der Waals surface area contributed by atoms with E-state index in [0.29, 0.717) is 38.3 Å². The number of alkyl carbamates (subject to hydrolysis) is 1. The van der Waals surface area contributed by atoms with E-state index in [9.17, 15) is 24.3 Å². The zero-order chi connectivity index (χ0) is 36.4. The molecule has 0 saturated heterocycles. The van der Waals surface area contributed by atoms with Crippen molar-refractivity contribution >= 4 is 32.0 Å². The number of rotatable bonds is 21. The molecule has 0 aliphatic carbocycles. The Bertz CT molecular complexity index is 1180. The maximum absolute atomic E-state index is 13.9. The van der Waals surface area contributed by atoms with Crippen molar-refractivity contribution in [1.29, 1.82) is 0 Å². The largest absolute Gasteiger partial charge is 0.494 e. The van der Waals surface area contributed by atoms with Crippen LogP contribution in [0, 0.1) is 5.92 Å². The van der Waals surface area contributed by atoms with Gasteiger partial charge in [0.2, 0.25) is 5.91 Å². The molecule has 1 rings (SSSR count). The normalized spacial score (nSPS) is 14.4. The molecule has 1 aromatic rings. The predicted octanol–water partition coefficient (Wildman–Crippen LogP) is 5.96. The van der Waals surface area contributed by atoms with Crippen LogP contribution in [-0.4, -0.2) is 81.2 Å². The minimum Gasteiger partial charge on any atom is -0.494 e. The number of methoxy groups -OCH3 is 1. The summed E-state index contributed by atoms with van der Waals surface area (Å²) in [5.74, 6) is -2.94. The molecule has 3 N–H and O–H groups in total. The molecule has 12 heteroatoms. The summed E-state index contributed by atoms with van der Waals surface area (Å²) in [6.07, 6.45) is 6.21. The van der Waals surface area contributed by atoms with Crippen LogP contribution >= 0.6 is 0 Å². The molecule has 3 atom stereocenters. The maximum Gasteiger partial charge on any atom is 0.407 e. The molecule has 0 unspecified atom stereocenters. The van der Waals surface area contributed by atoms with Gasteiger partial charge >= 0.3 is 18.0 Å². The molecular formula is C36H60N2O9Si. The van der Waals surface area contributed by atoms with Gasteiger partial charge in [-0.15, -0.1) is 0 Å². The van der Waals surface area contributed by atoms with E-state index in [1.165, 1.54) is 13.2 Å². The topological polar surface area (TPSA) is 149 Å². The third-order valence-electron chi connectivity index (χ3n) is 7.39. The molecule has 2 amide bonds. The van der Waals surface area contributed by atoms with Gasteiger partial charge in [-0.3, -0.25) is 4.79 Å². The fraction of sp³-hybridized carbons (Fsp3) is 0.667. The van der Waals surface area contributed by atoms with Crippen LogP contribution in [0.15, 0.2) is 36.4 Å². The fourth-order valence-corrected chi connectivity index (χ4v) is 5.52. The van der Waals surface area contributed by atoms with Crippen LogP contribution in [0.2, 0.25) is 25.7 Å². The van der Waals surface area contributed by atoms with Crippen molar-refractivity contribution in [2.45, 2.75) is 122 Å². The standard InChI is InChI=1S/C36H60N2O9Si/c1-10-22-36(43,33(41)47-35(3,4)5)29(17-15-13-12-14-16-23-37-34(42)46-24-25-48(7,8)9)31(39)38-30(32(40)44-6)26-27-18-20-28(21-19-27)45-11-2/h15,17-21,29-30,43H,10-14,16,22-26H2,1-9H3,(H,37,42)(H,38,39)/b17-15+/t29-,30+,36+/m1/s1. The van der Waals surface area contributed by atoms with Gasteiger partial charge in [0.25, 0.3) is 0 Å². The zero-order valence-electron chi connectivity index (χ0n) is 30.6. The quantitative estimate of drug-likeness (QED) is 0.0467. The van der Waals surface area contributed by atoms with Gasteiger partial charge in [-0.25, -0.2) is 14.4 Å². The Morgan fingerprint density at radius 3 is 2.23 bits per heavy atom. The van der Waals surface area contributed by atoms with Crippen molar-refractivity contribution in [3.8, 4) is 5.75 Å². The van der Waals surface area contributed by atoms with Crippen LogP contribution in [0.25, 0.3) is 0 Å². The Morgan fingerprint density at radius 1 is 1.00 bits per heavy atom. The number of allylic oxidation sites excluding steroid dienone is 1. The van der Waals surface area contributed by atoms with Gasteiger partial charge in [-0.05, 0) is 77.1 Å². The van der Waals surface area contributed by atoms with E-state index in [1.807, 2.05) is 6.92 Å². The van der Waals surface area contributed by atoms with E-state index >= 15 is 0 Å². The van der Waals surface area contributed by atoms with Crippen LogP contribution in [0.4, 0.5) is 4.79 Å². The average molecular weight is 693 g/mol. The summed E-state index contributed by atoms with van der Waals surface area (Å²) in [4.78, 5) is 52.0. The van der Waals surface area contributed by atoms with Gasteiger partial charge in [0.05, 0.1) is 26.2 Å². The number of aliphatic hydroxyl groups is 1. The first-order chi connectivity index (χ1) is 22.5. The van der Waals surface area contributed by atoms with Gasteiger partial charge in [0.1, 0.15) is 17.4 Å². The molecule has 0 aliphatic rings. The molecule has 0 radical (unpaired) electrons. The van der Waals surface area contributed by atoms with Gasteiger partial charge in [-0.1, -0.05) is 63.7 Å². The fourth-order valence-electron chi connectivity index (χ4n) is 4.80. The van der Waals surface area contributed by atoms with Crippen LogP contribution < -0.4 is 15.4 Å². The van der Waals surface area contributed by atoms with Gasteiger partial charge in [0.15, 0.2) is 5.60 Å². The zero-order valence-corrected chi connectivity index (χ0v) is 31.6. The lowest BCUT2D eigenvalue weighted by Crippen LogP contribution is -2.56. The number of carbonyl (C=O) groups excluding carboxylic acids is 4. The van der Waals surface area contributed by atoms with E-state index in [0.717, 1.165) is 30.9 Å². The van der Waals surface area contributed by atoms with E-state index in [-0.39, 0.29) is 12.8 Å².